The average molecular weight is 512 g/mol. The molecule has 10 heteroatoms. The summed E-state index contributed by atoms with van der Waals surface area (Å²) in [4.78, 5) is 38.7. The van der Waals surface area contributed by atoms with Crippen molar-refractivity contribution in [2.24, 2.45) is 5.73 Å². The van der Waals surface area contributed by atoms with E-state index in [2.05, 4.69) is 15.9 Å². The van der Waals surface area contributed by atoms with E-state index in [1.54, 1.807) is 30.3 Å². The van der Waals surface area contributed by atoms with Gasteiger partial charge in [0, 0.05) is 4.47 Å². The van der Waals surface area contributed by atoms with Crippen LogP contribution in [0.5, 0.6) is 0 Å². The van der Waals surface area contributed by atoms with Gasteiger partial charge in [-0.3, -0.25) is 4.90 Å². The normalized spacial score (nSPS) is 15.7. The number of rotatable bonds is 5. The summed E-state index contributed by atoms with van der Waals surface area (Å²) in [6, 6.07) is 14.6. The molecule has 0 aromatic heterocycles. The third-order valence-electron chi connectivity index (χ3n) is 5.04. The van der Waals surface area contributed by atoms with Crippen LogP contribution in [0.2, 0.25) is 0 Å². The first-order valence-corrected chi connectivity index (χ1v) is 10.2. The van der Waals surface area contributed by atoms with Crippen LogP contribution in [0.4, 0.5) is 5.69 Å². The molecule has 0 bridgehead atoms. The number of halogens is 1. The van der Waals surface area contributed by atoms with E-state index in [-0.39, 0.29) is 33.9 Å². The Morgan fingerprint density at radius 3 is 2.27 bits per heavy atom. The number of anilines is 1. The summed E-state index contributed by atoms with van der Waals surface area (Å²) in [6.07, 6.45) is 0. The number of nitrogens with zero attached hydrogens (tertiary/aromatic N) is 2. The van der Waals surface area contributed by atoms with Gasteiger partial charge in [0.1, 0.15) is 11.5 Å². The van der Waals surface area contributed by atoms with Gasteiger partial charge in [0.15, 0.2) is 0 Å². The number of hydrogen-bond donors (Lipinski definition) is 2. The second-order valence-corrected chi connectivity index (χ2v) is 7.66. The first-order chi connectivity index (χ1) is 15.8. The van der Waals surface area contributed by atoms with E-state index in [9.17, 15) is 24.8 Å². The molecule has 1 unspecified atom stereocenters. The van der Waals surface area contributed by atoms with E-state index < -0.39 is 23.8 Å². The third-order valence-corrected chi connectivity index (χ3v) is 5.71. The number of methoxy groups -OCH3 is 2. The molecule has 1 heterocycles. The van der Waals surface area contributed by atoms with Gasteiger partial charge in [-0.15, -0.1) is 0 Å². The van der Waals surface area contributed by atoms with E-state index in [4.69, 9.17) is 15.2 Å². The van der Waals surface area contributed by atoms with Gasteiger partial charge in [-0.05, 0) is 39.7 Å². The van der Waals surface area contributed by atoms with Gasteiger partial charge in [0.05, 0.1) is 48.6 Å². The summed E-state index contributed by atoms with van der Waals surface area (Å²) in [5, 5.41) is 19.5. The number of nitriles is 1. The maximum absolute atomic E-state index is 13.0. The van der Waals surface area contributed by atoms with Crippen LogP contribution < -0.4 is 10.6 Å². The number of carboxylic acids is 1. The lowest BCUT2D eigenvalue weighted by Crippen LogP contribution is -2.41. The fourth-order valence-electron chi connectivity index (χ4n) is 3.58. The Balaban J connectivity index is 2.46. The van der Waals surface area contributed by atoms with E-state index >= 15 is 0 Å². The summed E-state index contributed by atoms with van der Waals surface area (Å²) in [5.41, 5.74) is 6.44. The molecule has 0 spiro atoms. The highest BCUT2D eigenvalue weighted by Crippen LogP contribution is 2.44. The van der Waals surface area contributed by atoms with Crippen molar-refractivity contribution in [3.05, 3.63) is 86.8 Å². The zero-order valence-corrected chi connectivity index (χ0v) is 19.1. The number of carboxylic acid groups (broad SMARTS) is 1. The van der Waals surface area contributed by atoms with Crippen LogP contribution in [0.3, 0.4) is 0 Å². The van der Waals surface area contributed by atoms with Crippen molar-refractivity contribution >= 4 is 39.5 Å². The fraction of sp³-hybridized carbons (Fsp3) is 0.130. The minimum atomic E-state index is -1.22. The van der Waals surface area contributed by atoms with Crippen molar-refractivity contribution in [3.63, 3.8) is 0 Å². The molecule has 0 saturated heterocycles. The highest BCUT2D eigenvalue weighted by atomic mass is 79.9. The molecular weight excluding hydrogens is 494 g/mol. The van der Waals surface area contributed by atoms with Gasteiger partial charge in [0.25, 0.3) is 0 Å². The fourth-order valence-corrected chi connectivity index (χ4v) is 4.00. The van der Waals surface area contributed by atoms with Crippen molar-refractivity contribution in [1.82, 2.24) is 0 Å². The SMILES string of the molecule is COC(=O)C1=C(C(=O)OC)N(c2cc(C(=O)O)ccc2Br)C(N)=C(C#N)C1c1ccccc1. The standard InChI is InChI=1S/C23H18BrN3O6/c1-32-22(30)18-17(12-6-4-3-5-7-12)14(11-25)20(26)27(19(18)23(31)33-2)16-10-13(21(28)29)8-9-15(16)24/h3-10,17H,26H2,1-2H3,(H,28,29). The Hall–Kier alpha value is -4.10. The van der Waals surface area contributed by atoms with Gasteiger partial charge in [-0.2, -0.15) is 5.26 Å². The molecule has 1 atom stereocenters. The number of ether oxygens (including phenoxy) is 2. The van der Waals surface area contributed by atoms with Gasteiger partial charge in [0.2, 0.25) is 0 Å². The Labute approximate surface area is 197 Å². The van der Waals surface area contributed by atoms with Crippen LogP contribution in [-0.2, 0) is 19.1 Å². The zero-order chi connectivity index (χ0) is 24.3. The number of esters is 2. The molecule has 1 aliphatic heterocycles. The molecule has 9 nitrogen and oxygen atoms in total. The van der Waals surface area contributed by atoms with Gasteiger partial charge in [-0.1, -0.05) is 30.3 Å². The van der Waals surface area contributed by atoms with Crippen molar-refractivity contribution in [2.75, 3.05) is 19.1 Å². The number of carbonyl (C=O) groups excluding carboxylic acids is 2. The maximum Gasteiger partial charge on any atom is 0.355 e. The largest absolute Gasteiger partial charge is 0.478 e. The first-order valence-electron chi connectivity index (χ1n) is 9.45. The molecule has 33 heavy (non-hydrogen) atoms. The lowest BCUT2D eigenvalue weighted by molar-refractivity contribution is -0.139. The monoisotopic (exact) mass is 511 g/mol. The lowest BCUT2D eigenvalue weighted by atomic mass is 9.81. The minimum Gasteiger partial charge on any atom is -0.478 e. The van der Waals surface area contributed by atoms with Crippen molar-refractivity contribution in [1.29, 1.82) is 5.26 Å². The highest BCUT2D eigenvalue weighted by Gasteiger charge is 2.43. The number of hydrogen-bond acceptors (Lipinski definition) is 8. The quantitative estimate of drug-likeness (QED) is 0.578. The van der Waals surface area contributed by atoms with E-state index in [1.807, 2.05) is 6.07 Å². The van der Waals surface area contributed by atoms with Gasteiger partial charge < -0.3 is 20.3 Å². The second-order valence-electron chi connectivity index (χ2n) is 6.81. The molecule has 3 N–H and O–H groups in total. The Morgan fingerprint density at radius 1 is 1.09 bits per heavy atom. The van der Waals surface area contributed by atoms with Crippen LogP contribution in [-0.4, -0.2) is 37.2 Å². The minimum absolute atomic E-state index is 0.0260. The predicted molar refractivity (Wildman–Crippen MR) is 121 cm³/mol. The number of carbonyl (C=O) groups is 3. The van der Waals surface area contributed by atoms with Crippen LogP contribution in [0.15, 0.2) is 75.7 Å². The number of allylic oxidation sites excluding steroid dienone is 1. The molecule has 0 amide bonds. The van der Waals surface area contributed by atoms with E-state index in [0.717, 1.165) is 19.1 Å². The third kappa shape index (κ3) is 4.18. The second kappa shape index (κ2) is 9.58. The van der Waals surface area contributed by atoms with Crippen LogP contribution in [0.1, 0.15) is 21.8 Å². The molecule has 0 saturated carbocycles. The molecule has 2 aromatic carbocycles. The molecule has 2 aromatic rings. The van der Waals surface area contributed by atoms with Crippen molar-refractivity contribution in [3.8, 4) is 6.07 Å². The number of nitrogens with two attached hydrogens (primary N) is 1. The van der Waals surface area contributed by atoms with Crippen LogP contribution in [0.25, 0.3) is 0 Å². The number of benzene rings is 2. The van der Waals surface area contributed by atoms with E-state index in [1.165, 1.54) is 18.2 Å². The Bertz CT molecular complexity index is 1250. The van der Waals surface area contributed by atoms with Gasteiger partial charge in [-0.25, -0.2) is 14.4 Å². The zero-order valence-electron chi connectivity index (χ0n) is 17.5. The smallest absolute Gasteiger partial charge is 0.355 e. The molecular formula is C23H18BrN3O6. The molecule has 3 rings (SSSR count). The van der Waals surface area contributed by atoms with Gasteiger partial charge >= 0.3 is 17.9 Å². The molecule has 1 aliphatic rings. The Kier molecular flexibility index (Phi) is 6.84. The summed E-state index contributed by atoms with van der Waals surface area (Å²) in [6.45, 7) is 0. The molecule has 0 radical (unpaired) electrons. The van der Waals surface area contributed by atoms with Crippen molar-refractivity contribution < 1.29 is 29.0 Å². The topological polar surface area (TPSA) is 143 Å². The first kappa shape index (κ1) is 23.6. The highest BCUT2D eigenvalue weighted by molar-refractivity contribution is 9.10. The van der Waals surface area contributed by atoms with Crippen LogP contribution in [0, 0.1) is 11.3 Å². The Morgan fingerprint density at radius 2 is 1.73 bits per heavy atom. The number of aromatic carboxylic acids is 1. The average Bonchev–Trinajstić information content (AvgIpc) is 2.83. The van der Waals surface area contributed by atoms with Crippen LogP contribution >= 0.6 is 15.9 Å². The maximum atomic E-state index is 13.0. The van der Waals surface area contributed by atoms with E-state index in [0.29, 0.717) is 10.0 Å². The predicted octanol–water partition coefficient (Wildman–Crippen LogP) is 3.05. The summed E-state index contributed by atoms with van der Waals surface area (Å²) < 4.78 is 10.3. The summed E-state index contributed by atoms with van der Waals surface area (Å²) in [5.74, 6) is -4.20. The van der Waals surface area contributed by atoms with Crippen molar-refractivity contribution in [2.45, 2.75) is 5.92 Å². The molecule has 0 fully saturated rings. The lowest BCUT2D eigenvalue weighted by Gasteiger charge is -2.36. The summed E-state index contributed by atoms with van der Waals surface area (Å²) in [7, 11) is 2.27. The molecule has 0 aliphatic carbocycles. The summed E-state index contributed by atoms with van der Waals surface area (Å²) >= 11 is 3.33. The molecule has 168 valence electrons.